The molecule has 2 aromatic carbocycles. The third-order valence-corrected chi connectivity index (χ3v) is 4.30. The summed E-state index contributed by atoms with van der Waals surface area (Å²) in [5.41, 5.74) is 3.85. The van der Waals surface area contributed by atoms with Crippen molar-refractivity contribution in [2.75, 3.05) is 13.6 Å². The van der Waals surface area contributed by atoms with E-state index in [4.69, 9.17) is 0 Å². The van der Waals surface area contributed by atoms with Gasteiger partial charge >= 0.3 is 0 Å². The van der Waals surface area contributed by atoms with Gasteiger partial charge in [-0.2, -0.15) is 0 Å². The zero-order valence-corrected chi connectivity index (χ0v) is 15.2. The number of hydrogen-bond acceptors (Lipinski definition) is 2. The van der Waals surface area contributed by atoms with Crippen LogP contribution in [0.25, 0.3) is 11.0 Å². The first-order valence-corrected chi connectivity index (χ1v) is 8.77. The summed E-state index contributed by atoms with van der Waals surface area (Å²) >= 11 is 0. The van der Waals surface area contributed by atoms with Gasteiger partial charge in [-0.3, -0.25) is 4.99 Å². The molecule has 0 amide bonds. The molecule has 2 N–H and O–H groups in total. The van der Waals surface area contributed by atoms with E-state index in [1.165, 1.54) is 6.07 Å². The lowest BCUT2D eigenvalue weighted by Crippen LogP contribution is -2.37. The maximum absolute atomic E-state index is 13.3. The summed E-state index contributed by atoms with van der Waals surface area (Å²) in [6, 6.07) is 13.3. The minimum atomic E-state index is -0.178. The van der Waals surface area contributed by atoms with Crippen LogP contribution in [0.1, 0.15) is 17.5 Å². The Morgan fingerprint density at radius 2 is 2.04 bits per heavy atom. The molecule has 5 nitrogen and oxygen atoms in total. The molecule has 0 aliphatic carbocycles. The first-order chi connectivity index (χ1) is 12.7. The van der Waals surface area contributed by atoms with Gasteiger partial charge in [0.05, 0.1) is 17.4 Å². The highest BCUT2D eigenvalue weighted by Gasteiger charge is 2.03. The van der Waals surface area contributed by atoms with Crippen LogP contribution in [0.5, 0.6) is 0 Å². The number of fused-ring (bicyclic) bond motifs is 1. The average molecular weight is 353 g/mol. The topological polar surface area (TPSA) is 54.2 Å². The molecule has 0 saturated carbocycles. The molecule has 0 atom stereocenters. The van der Waals surface area contributed by atoms with Crippen molar-refractivity contribution in [1.29, 1.82) is 0 Å². The standard InChI is InChI=1S/C20H24FN5/c1-15-12-16(8-9-17(15)21)13-24-20(22-2)23-10-5-11-26-14-25-18-6-3-4-7-19(18)26/h3-4,6-9,12,14H,5,10-11,13H2,1-2H3,(H2,22,23,24). The van der Waals surface area contributed by atoms with Gasteiger partial charge in [-0.25, -0.2) is 9.37 Å². The lowest BCUT2D eigenvalue weighted by molar-refractivity contribution is 0.617. The van der Waals surface area contributed by atoms with Gasteiger partial charge in [-0.05, 0) is 42.7 Å². The summed E-state index contributed by atoms with van der Waals surface area (Å²) < 4.78 is 15.5. The van der Waals surface area contributed by atoms with Gasteiger partial charge < -0.3 is 15.2 Å². The van der Waals surface area contributed by atoms with E-state index >= 15 is 0 Å². The fraction of sp³-hybridized carbons (Fsp3) is 0.300. The Morgan fingerprint density at radius 3 is 2.85 bits per heavy atom. The number of aryl methyl sites for hydroxylation is 2. The predicted octanol–water partition coefficient (Wildman–Crippen LogP) is 3.24. The van der Waals surface area contributed by atoms with Crippen molar-refractivity contribution in [3.8, 4) is 0 Å². The lowest BCUT2D eigenvalue weighted by atomic mass is 10.1. The monoisotopic (exact) mass is 353 g/mol. The van der Waals surface area contributed by atoms with E-state index in [1.54, 1.807) is 20.0 Å². The molecule has 0 bridgehead atoms. The maximum atomic E-state index is 13.3. The number of aliphatic imine (C=N–C) groups is 1. The fourth-order valence-electron chi connectivity index (χ4n) is 2.87. The SMILES string of the molecule is CN=C(NCCCn1cnc2ccccc21)NCc1ccc(F)c(C)c1. The molecule has 136 valence electrons. The molecule has 0 spiro atoms. The zero-order valence-electron chi connectivity index (χ0n) is 15.2. The Bertz CT molecular complexity index is 900. The molecule has 1 aromatic heterocycles. The highest BCUT2D eigenvalue weighted by Crippen LogP contribution is 2.12. The molecule has 3 rings (SSSR count). The summed E-state index contributed by atoms with van der Waals surface area (Å²) in [5.74, 6) is 0.561. The zero-order chi connectivity index (χ0) is 18.4. The van der Waals surface area contributed by atoms with E-state index in [2.05, 4.69) is 31.2 Å². The Balaban J connectivity index is 1.45. The predicted molar refractivity (Wildman–Crippen MR) is 104 cm³/mol. The first kappa shape index (κ1) is 17.9. The van der Waals surface area contributed by atoms with Gasteiger partial charge in [0.1, 0.15) is 5.82 Å². The van der Waals surface area contributed by atoms with Crippen LogP contribution in [0.3, 0.4) is 0 Å². The Kier molecular flexibility index (Phi) is 5.84. The second-order valence-corrected chi connectivity index (χ2v) is 6.22. The van der Waals surface area contributed by atoms with Crippen LogP contribution < -0.4 is 10.6 Å². The third-order valence-electron chi connectivity index (χ3n) is 4.30. The lowest BCUT2D eigenvalue weighted by Gasteiger charge is -2.12. The molecule has 6 heteroatoms. The van der Waals surface area contributed by atoms with Gasteiger partial charge in [0.15, 0.2) is 5.96 Å². The normalized spacial score (nSPS) is 11.7. The minimum absolute atomic E-state index is 0.178. The molecular weight excluding hydrogens is 329 g/mol. The molecule has 0 unspecified atom stereocenters. The number of benzene rings is 2. The molecule has 0 aliphatic rings. The van der Waals surface area contributed by atoms with Crippen LogP contribution in [0.15, 0.2) is 53.8 Å². The van der Waals surface area contributed by atoms with E-state index in [0.717, 1.165) is 42.1 Å². The van der Waals surface area contributed by atoms with Gasteiger partial charge in [-0.15, -0.1) is 0 Å². The molecule has 1 heterocycles. The fourth-order valence-corrected chi connectivity index (χ4v) is 2.87. The van der Waals surface area contributed by atoms with E-state index in [-0.39, 0.29) is 5.82 Å². The second-order valence-electron chi connectivity index (χ2n) is 6.22. The molecule has 26 heavy (non-hydrogen) atoms. The van der Waals surface area contributed by atoms with Crippen molar-refractivity contribution in [1.82, 2.24) is 20.2 Å². The van der Waals surface area contributed by atoms with Crippen LogP contribution in [0.4, 0.5) is 4.39 Å². The van der Waals surface area contributed by atoms with E-state index < -0.39 is 0 Å². The van der Waals surface area contributed by atoms with E-state index in [9.17, 15) is 4.39 Å². The van der Waals surface area contributed by atoms with Crippen LogP contribution in [0, 0.1) is 12.7 Å². The summed E-state index contributed by atoms with van der Waals surface area (Å²) in [4.78, 5) is 8.63. The number of para-hydroxylation sites is 2. The summed E-state index contributed by atoms with van der Waals surface area (Å²) in [7, 11) is 1.74. The van der Waals surface area contributed by atoms with Crippen molar-refractivity contribution < 1.29 is 4.39 Å². The highest BCUT2D eigenvalue weighted by atomic mass is 19.1. The number of rotatable bonds is 6. The molecule has 0 fully saturated rings. The summed E-state index contributed by atoms with van der Waals surface area (Å²) in [6.07, 6.45) is 2.84. The third kappa shape index (κ3) is 4.39. The highest BCUT2D eigenvalue weighted by molar-refractivity contribution is 5.79. The molecule has 0 radical (unpaired) electrons. The van der Waals surface area contributed by atoms with Crippen molar-refractivity contribution in [2.45, 2.75) is 26.4 Å². The van der Waals surface area contributed by atoms with Crippen LogP contribution in [-0.2, 0) is 13.1 Å². The van der Waals surface area contributed by atoms with Crippen molar-refractivity contribution in [3.63, 3.8) is 0 Å². The smallest absolute Gasteiger partial charge is 0.191 e. The van der Waals surface area contributed by atoms with Crippen molar-refractivity contribution in [3.05, 3.63) is 65.7 Å². The van der Waals surface area contributed by atoms with Gasteiger partial charge in [0, 0.05) is 26.7 Å². The van der Waals surface area contributed by atoms with E-state index in [0.29, 0.717) is 12.1 Å². The van der Waals surface area contributed by atoms with Gasteiger partial charge in [0.25, 0.3) is 0 Å². The number of nitrogens with one attached hydrogen (secondary N) is 2. The number of imidazole rings is 1. The minimum Gasteiger partial charge on any atom is -0.356 e. The quantitative estimate of drug-likeness (QED) is 0.406. The van der Waals surface area contributed by atoms with Crippen molar-refractivity contribution >= 4 is 17.0 Å². The van der Waals surface area contributed by atoms with Crippen LogP contribution >= 0.6 is 0 Å². The van der Waals surface area contributed by atoms with Crippen LogP contribution in [-0.4, -0.2) is 29.1 Å². The maximum Gasteiger partial charge on any atom is 0.191 e. The Labute approximate surface area is 153 Å². The average Bonchev–Trinajstić information content (AvgIpc) is 3.07. The number of guanidine groups is 1. The second kappa shape index (κ2) is 8.47. The van der Waals surface area contributed by atoms with E-state index in [1.807, 2.05) is 30.6 Å². The Hall–Kier alpha value is -2.89. The largest absolute Gasteiger partial charge is 0.356 e. The first-order valence-electron chi connectivity index (χ1n) is 8.77. The molecular formula is C20H24FN5. The number of hydrogen-bond donors (Lipinski definition) is 2. The van der Waals surface area contributed by atoms with Gasteiger partial charge in [0.2, 0.25) is 0 Å². The summed E-state index contributed by atoms with van der Waals surface area (Å²) in [6.45, 7) is 4.06. The molecule has 0 saturated heterocycles. The number of halogens is 1. The van der Waals surface area contributed by atoms with Crippen molar-refractivity contribution in [2.24, 2.45) is 4.99 Å². The Morgan fingerprint density at radius 1 is 1.19 bits per heavy atom. The number of aromatic nitrogens is 2. The number of nitrogens with zero attached hydrogens (tertiary/aromatic N) is 3. The molecule has 3 aromatic rings. The molecule has 0 aliphatic heterocycles. The van der Waals surface area contributed by atoms with Crippen LogP contribution in [0.2, 0.25) is 0 Å². The van der Waals surface area contributed by atoms with Gasteiger partial charge in [-0.1, -0.05) is 24.3 Å². The summed E-state index contributed by atoms with van der Waals surface area (Å²) in [5, 5.41) is 6.56.